The van der Waals surface area contributed by atoms with Crippen molar-refractivity contribution in [2.45, 2.75) is 6.54 Å². The number of nitrogens with zero attached hydrogens (tertiary/aromatic N) is 2. The largest absolute Gasteiger partial charge is 0.368 e. The number of primary amides is 1. The van der Waals surface area contributed by atoms with Crippen LogP contribution < -0.4 is 5.73 Å². The van der Waals surface area contributed by atoms with E-state index in [-0.39, 0.29) is 6.54 Å². The van der Waals surface area contributed by atoms with E-state index in [1.807, 2.05) is 36.4 Å². The summed E-state index contributed by atoms with van der Waals surface area (Å²) in [5, 5.41) is 5.53. The number of halogens is 2. The smallest absolute Gasteiger partial charge is 0.239 e. The molecular formula is C17H13Cl2N3O. The van der Waals surface area contributed by atoms with Gasteiger partial charge >= 0.3 is 0 Å². The Hall–Kier alpha value is -2.30. The van der Waals surface area contributed by atoms with E-state index in [0.717, 1.165) is 16.7 Å². The summed E-state index contributed by atoms with van der Waals surface area (Å²) in [6.45, 7) is 0.00500. The van der Waals surface area contributed by atoms with Gasteiger partial charge in [-0.25, -0.2) is 0 Å². The van der Waals surface area contributed by atoms with E-state index in [2.05, 4.69) is 5.10 Å². The SMILES string of the molecule is NC(=O)Cn1cc(-c2ccccc2)c(-c2ccc(Cl)cc2Cl)n1. The van der Waals surface area contributed by atoms with Crippen LogP contribution in [0.3, 0.4) is 0 Å². The van der Waals surface area contributed by atoms with Crippen molar-refractivity contribution >= 4 is 29.1 Å². The summed E-state index contributed by atoms with van der Waals surface area (Å²) >= 11 is 12.3. The maximum Gasteiger partial charge on any atom is 0.239 e. The number of carbonyl (C=O) groups excluding carboxylic acids is 1. The molecule has 6 heteroatoms. The van der Waals surface area contributed by atoms with Gasteiger partial charge in [0, 0.05) is 22.3 Å². The zero-order valence-electron chi connectivity index (χ0n) is 12.0. The molecule has 0 bridgehead atoms. The fraction of sp³-hybridized carbons (Fsp3) is 0.0588. The summed E-state index contributed by atoms with van der Waals surface area (Å²) < 4.78 is 1.52. The van der Waals surface area contributed by atoms with Gasteiger partial charge in [0.1, 0.15) is 12.2 Å². The monoisotopic (exact) mass is 345 g/mol. The maximum atomic E-state index is 11.2. The number of amides is 1. The molecule has 3 aromatic rings. The number of hydrogen-bond donors (Lipinski definition) is 1. The number of hydrogen-bond acceptors (Lipinski definition) is 2. The minimum atomic E-state index is -0.458. The molecule has 0 atom stereocenters. The van der Waals surface area contributed by atoms with Gasteiger partial charge in [-0.1, -0.05) is 53.5 Å². The highest BCUT2D eigenvalue weighted by Crippen LogP contribution is 2.36. The zero-order valence-corrected chi connectivity index (χ0v) is 13.6. The van der Waals surface area contributed by atoms with E-state index in [4.69, 9.17) is 28.9 Å². The molecule has 1 aromatic heterocycles. The number of rotatable bonds is 4. The molecule has 0 fully saturated rings. The fourth-order valence-electron chi connectivity index (χ4n) is 2.37. The Morgan fingerprint density at radius 1 is 1.09 bits per heavy atom. The number of nitrogens with two attached hydrogens (primary N) is 1. The van der Waals surface area contributed by atoms with E-state index >= 15 is 0 Å². The first kappa shape index (κ1) is 15.6. The van der Waals surface area contributed by atoms with Crippen molar-refractivity contribution in [2.75, 3.05) is 0 Å². The van der Waals surface area contributed by atoms with Crippen molar-refractivity contribution in [2.24, 2.45) is 5.73 Å². The van der Waals surface area contributed by atoms with Crippen LogP contribution in [0.5, 0.6) is 0 Å². The Balaban J connectivity index is 2.17. The molecule has 2 N–H and O–H groups in total. The Labute approximate surface area is 143 Å². The third kappa shape index (κ3) is 3.38. The van der Waals surface area contributed by atoms with Crippen LogP contribution >= 0.6 is 23.2 Å². The normalized spacial score (nSPS) is 10.7. The molecule has 23 heavy (non-hydrogen) atoms. The van der Waals surface area contributed by atoms with E-state index in [9.17, 15) is 4.79 Å². The van der Waals surface area contributed by atoms with E-state index in [1.165, 1.54) is 4.68 Å². The molecule has 2 aromatic carbocycles. The number of carbonyl (C=O) groups is 1. The van der Waals surface area contributed by atoms with Crippen LogP contribution in [0.1, 0.15) is 0 Å². The highest BCUT2D eigenvalue weighted by molar-refractivity contribution is 6.36. The summed E-state index contributed by atoms with van der Waals surface area (Å²) in [5.41, 5.74) is 8.54. The predicted molar refractivity (Wildman–Crippen MR) is 92.3 cm³/mol. The maximum absolute atomic E-state index is 11.2. The molecule has 0 aliphatic rings. The molecule has 3 rings (SSSR count). The molecule has 0 aliphatic carbocycles. The Morgan fingerprint density at radius 2 is 1.83 bits per heavy atom. The van der Waals surface area contributed by atoms with Crippen LogP contribution in [-0.4, -0.2) is 15.7 Å². The second kappa shape index (κ2) is 6.44. The summed E-state index contributed by atoms with van der Waals surface area (Å²) in [6, 6.07) is 15.0. The topological polar surface area (TPSA) is 60.9 Å². The summed E-state index contributed by atoms with van der Waals surface area (Å²) in [5.74, 6) is -0.458. The first-order chi connectivity index (χ1) is 11.0. The van der Waals surface area contributed by atoms with Crippen LogP contribution in [0.4, 0.5) is 0 Å². The lowest BCUT2D eigenvalue weighted by Gasteiger charge is -2.05. The van der Waals surface area contributed by atoms with Gasteiger partial charge in [-0.2, -0.15) is 5.10 Å². The van der Waals surface area contributed by atoms with Crippen LogP contribution in [0.15, 0.2) is 54.7 Å². The van der Waals surface area contributed by atoms with Crippen LogP contribution in [-0.2, 0) is 11.3 Å². The fourth-order valence-corrected chi connectivity index (χ4v) is 2.87. The zero-order chi connectivity index (χ0) is 16.4. The number of benzene rings is 2. The van der Waals surface area contributed by atoms with Crippen molar-refractivity contribution in [3.63, 3.8) is 0 Å². The predicted octanol–water partition coefficient (Wildman–Crippen LogP) is 4.01. The molecule has 0 radical (unpaired) electrons. The highest BCUT2D eigenvalue weighted by atomic mass is 35.5. The van der Waals surface area contributed by atoms with Crippen molar-refractivity contribution < 1.29 is 4.79 Å². The Morgan fingerprint density at radius 3 is 2.48 bits per heavy atom. The standard InChI is InChI=1S/C17H13Cl2N3O/c18-12-6-7-13(15(19)8-12)17-14(11-4-2-1-3-5-11)9-22(21-17)10-16(20)23/h1-9H,10H2,(H2,20,23). The molecule has 0 saturated carbocycles. The van der Waals surface area contributed by atoms with Gasteiger partial charge in [-0.15, -0.1) is 0 Å². The Bertz CT molecular complexity index is 860. The van der Waals surface area contributed by atoms with Gasteiger partial charge in [0.15, 0.2) is 0 Å². The molecule has 1 amide bonds. The Kier molecular flexibility index (Phi) is 4.37. The lowest BCUT2D eigenvalue weighted by molar-refractivity contribution is -0.118. The van der Waals surface area contributed by atoms with Crippen molar-refractivity contribution in [3.8, 4) is 22.4 Å². The van der Waals surface area contributed by atoms with Gasteiger partial charge in [-0.3, -0.25) is 9.48 Å². The minimum Gasteiger partial charge on any atom is -0.368 e. The average molecular weight is 346 g/mol. The average Bonchev–Trinajstić information content (AvgIpc) is 2.91. The van der Waals surface area contributed by atoms with Gasteiger partial charge < -0.3 is 5.73 Å². The van der Waals surface area contributed by atoms with Crippen LogP contribution in [0.25, 0.3) is 22.4 Å². The molecule has 1 heterocycles. The number of aromatic nitrogens is 2. The molecule has 4 nitrogen and oxygen atoms in total. The molecule has 0 saturated heterocycles. The molecule has 0 aliphatic heterocycles. The van der Waals surface area contributed by atoms with Crippen molar-refractivity contribution in [3.05, 3.63) is 64.8 Å². The van der Waals surface area contributed by atoms with Crippen LogP contribution in [0, 0.1) is 0 Å². The quantitative estimate of drug-likeness (QED) is 0.776. The molecule has 116 valence electrons. The van der Waals surface area contributed by atoms with E-state index in [1.54, 1.807) is 18.3 Å². The molecular weight excluding hydrogens is 333 g/mol. The van der Waals surface area contributed by atoms with Gasteiger partial charge in [0.05, 0.1) is 5.02 Å². The van der Waals surface area contributed by atoms with E-state index in [0.29, 0.717) is 15.7 Å². The molecule has 0 unspecified atom stereocenters. The third-order valence-electron chi connectivity index (χ3n) is 3.35. The lowest BCUT2D eigenvalue weighted by Crippen LogP contribution is -2.18. The van der Waals surface area contributed by atoms with Crippen molar-refractivity contribution in [1.29, 1.82) is 0 Å². The second-order valence-electron chi connectivity index (χ2n) is 5.05. The van der Waals surface area contributed by atoms with Crippen molar-refractivity contribution in [1.82, 2.24) is 9.78 Å². The van der Waals surface area contributed by atoms with Gasteiger partial charge in [0.25, 0.3) is 0 Å². The van der Waals surface area contributed by atoms with Crippen LogP contribution in [0.2, 0.25) is 10.0 Å². The lowest BCUT2D eigenvalue weighted by atomic mass is 10.0. The first-order valence-electron chi connectivity index (χ1n) is 6.91. The van der Waals surface area contributed by atoms with E-state index < -0.39 is 5.91 Å². The van der Waals surface area contributed by atoms with Gasteiger partial charge in [0.2, 0.25) is 5.91 Å². The first-order valence-corrected chi connectivity index (χ1v) is 7.67. The summed E-state index contributed by atoms with van der Waals surface area (Å²) in [4.78, 5) is 11.2. The summed E-state index contributed by atoms with van der Waals surface area (Å²) in [6.07, 6.45) is 1.79. The summed E-state index contributed by atoms with van der Waals surface area (Å²) in [7, 11) is 0. The highest BCUT2D eigenvalue weighted by Gasteiger charge is 2.16. The minimum absolute atomic E-state index is 0.00500. The van der Waals surface area contributed by atoms with Gasteiger partial charge in [-0.05, 0) is 23.8 Å². The second-order valence-corrected chi connectivity index (χ2v) is 5.89. The molecule has 0 spiro atoms. The third-order valence-corrected chi connectivity index (χ3v) is 3.90.